The number of aliphatic hydroxyl groups is 3. The number of ether oxygens (including phenoxy) is 6. The van der Waals surface area contributed by atoms with Gasteiger partial charge in [0.2, 0.25) is 0 Å². The highest BCUT2D eigenvalue weighted by Crippen LogP contribution is 2.33. The van der Waals surface area contributed by atoms with Gasteiger partial charge in [-0.25, -0.2) is 14.4 Å². The van der Waals surface area contributed by atoms with E-state index in [4.69, 9.17) is 28.4 Å². The molecule has 0 aromatic heterocycles. The van der Waals surface area contributed by atoms with Crippen molar-refractivity contribution in [3.63, 3.8) is 0 Å². The van der Waals surface area contributed by atoms with Crippen molar-refractivity contribution in [2.24, 2.45) is 0 Å². The molecule has 0 fully saturated rings. The number of aliphatic hydroxyl groups excluding tert-OH is 3. The highest BCUT2D eigenvalue weighted by atomic mass is 16.6. The molecule has 0 amide bonds. The summed E-state index contributed by atoms with van der Waals surface area (Å²) in [6.45, 7) is 13.9. The van der Waals surface area contributed by atoms with E-state index in [9.17, 15) is 29.7 Å². The Kier molecular flexibility index (Phi) is 16.8. The second kappa shape index (κ2) is 21.2. The first-order valence-corrected chi connectivity index (χ1v) is 16.9. The number of benzene rings is 3. The first-order valence-electron chi connectivity index (χ1n) is 16.9. The van der Waals surface area contributed by atoms with E-state index in [2.05, 4.69) is 19.7 Å². The molecular formula is C41H48O12. The van der Waals surface area contributed by atoms with Gasteiger partial charge in [0.1, 0.15) is 75.2 Å². The van der Waals surface area contributed by atoms with Gasteiger partial charge in [-0.05, 0) is 55.2 Å². The molecule has 3 aromatic carbocycles. The van der Waals surface area contributed by atoms with Crippen molar-refractivity contribution in [1.29, 1.82) is 0 Å². The van der Waals surface area contributed by atoms with Crippen molar-refractivity contribution >= 4 is 17.9 Å². The van der Waals surface area contributed by atoms with Crippen LogP contribution in [0.5, 0.6) is 17.2 Å². The van der Waals surface area contributed by atoms with Gasteiger partial charge in [-0.1, -0.05) is 74.3 Å². The van der Waals surface area contributed by atoms with E-state index in [1.165, 1.54) is 20.8 Å². The zero-order valence-corrected chi connectivity index (χ0v) is 30.4. The van der Waals surface area contributed by atoms with E-state index in [-0.39, 0.29) is 56.4 Å². The van der Waals surface area contributed by atoms with Crippen molar-refractivity contribution in [2.45, 2.75) is 51.9 Å². The molecule has 3 rings (SSSR count). The van der Waals surface area contributed by atoms with E-state index < -0.39 is 36.2 Å². The van der Waals surface area contributed by atoms with Crippen molar-refractivity contribution in [1.82, 2.24) is 0 Å². The zero-order chi connectivity index (χ0) is 38.9. The summed E-state index contributed by atoms with van der Waals surface area (Å²) in [6, 6.07) is 20.1. The number of para-hydroxylation sites is 3. The third-order valence-corrected chi connectivity index (χ3v) is 7.43. The molecular weight excluding hydrogens is 684 g/mol. The third kappa shape index (κ3) is 14.3. The fraction of sp³-hybridized carbons (Fsp3) is 0.341. The lowest BCUT2D eigenvalue weighted by Crippen LogP contribution is -2.26. The van der Waals surface area contributed by atoms with Gasteiger partial charge in [0, 0.05) is 29.6 Å². The fourth-order valence-corrected chi connectivity index (χ4v) is 4.67. The van der Waals surface area contributed by atoms with Gasteiger partial charge in [0.05, 0.1) is 0 Å². The summed E-state index contributed by atoms with van der Waals surface area (Å²) in [5.74, 6) is -0.384. The molecule has 0 heterocycles. The molecule has 3 N–H and O–H groups in total. The number of esters is 3. The Morgan fingerprint density at radius 1 is 0.491 bits per heavy atom. The molecule has 12 heteroatoms. The highest BCUT2D eigenvalue weighted by molar-refractivity contribution is 5.87. The van der Waals surface area contributed by atoms with Crippen molar-refractivity contribution in [3.05, 3.63) is 125 Å². The smallest absolute Gasteiger partial charge is 0.333 e. The van der Waals surface area contributed by atoms with Gasteiger partial charge < -0.3 is 43.7 Å². The number of hydrogen-bond donors (Lipinski definition) is 3. The summed E-state index contributed by atoms with van der Waals surface area (Å²) in [7, 11) is 0. The Morgan fingerprint density at radius 3 is 1.17 bits per heavy atom. The van der Waals surface area contributed by atoms with Crippen molar-refractivity contribution in [2.75, 3.05) is 39.6 Å². The first kappa shape index (κ1) is 42.0. The summed E-state index contributed by atoms with van der Waals surface area (Å²) in [6.07, 6.45) is -2.65. The van der Waals surface area contributed by atoms with E-state index in [0.29, 0.717) is 30.1 Å². The molecule has 0 aliphatic rings. The van der Waals surface area contributed by atoms with E-state index in [1.807, 2.05) is 42.5 Å². The maximum absolute atomic E-state index is 11.9. The van der Waals surface area contributed by atoms with Crippen LogP contribution in [0.4, 0.5) is 0 Å². The first-order chi connectivity index (χ1) is 25.2. The third-order valence-electron chi connectivity index (χ3n) is 7.43. The van der Waals surface area contributed by atoms with Gasteiger partial charge in [0.15, 0.2) is 0 Å². The van der Waals surface area contributed by atoms with Crippen LogP contribution >= 0.6 is 0 Å². The Bertz CT molecular complexity index is 1640. The molecule has 0 aliphatic heterocycles. The van der Waals surface area contributed by atoms with Crippen LogP contribution in [0.1, 0.15) is 43.0 Å². The summed E-state index contributed by atoms with van der Waals surface area (Å²) >= 11 is 0. The largest absolute Gasteiger partial charge is 0.490 e. The summed E-state index contributed by atoms with van der Waals surface area (Å²) in [5, 5.41) is 31.4. The molecule has 0 saturated carbocycles. The highest BCUT2D eigenvalue weighted by Gasteiger charge is 2.19. The number of rotatable bonds is 22. The standard InChI is InChI=1S/C41H48O12/c1-26(2)39(45)51-23-33(42)20-48-36-16-9-7-12-29(36)18-31-14-11-15-32(38(31)50-22-35(44)25-53-41(47)28(5)6)19-30-13-8-10-17-37(30)49-21-34(43)24-52-40(46)27(3)4/h7-17,33-35,42-44H,1,3,5,18-25H2,2,4,6H3. The lowest BCUT2D eigenvalue weighted by molar-refractivity contribution is -0.143. The Balaban J connectivity index is 1.85. The average molecular weight is 733 g/mol. The molecule has 0 aliphatic carbocycles. The zero-order valence-electron chi connectivity index (χ0n) is 30.4. The average Bonchev–Trinajstić information content (AvgIpc) is 3.13. The van der Waals surface area contributed by atoms with Crippen LogP contribution in [0.25, 0.3) is 0 Å². The quantitative estimate of drug-likeness (QED) is 0.0756. The molecule has 284 valence electrons. The summed E-state index contributed by atoms with van der Waals surface area (Å²) in [4.78, 5) is 35.3. The topological polar surface area (TPSA) is 167 Å². The molecule has 0 spiro atoms. The predicted octanol–water partition coefficient (Wildman–Crippen LogP) is 4.45. The minimum atomic E-state index is -1.15. The monoisotopic (exact) mass is 732 g/mol. The van der Waals surface area contributed by atoms with Crippen LogP contribution < -0.4 is 14.2 Å². The molecule has 3 unspecified atom stereocenters. The minimum absolute atomic E-state index is 0.138. The predicted molar refractivity (Wildman–Crippen MR) is 197 cm³/mol. The SMILES string of the molecule is C=C(C)C(=O)OCC(O)COc1ccccc1Cc1cccc(Cc2ccccc2OCC(O)COC(=O)C(=C)C)c1OCC(O)COC(=O)C(=C)C. The molecule has 53 heavy (non-hydrogen) atoms. The Labute approximate surface area is 309 Å². The second-order valence-corrected chi connectivity index (χ2v) is 12.5. The molecule has 0 bridgehead atoms. The minimum Gasteiger partial charge on any atom is -0.490 e. The maximum atomic E-state index is 11.9. The Morgan fingerprint density at radius 2 is 0.811 bits per heavy atom. The molecule has 0 saturated heterocycles. The van der Waals surface area contributed by atoms with E-state index in [0.717, 1.165) is 22.3 Å². The van der Waals surface area contributed by atoms with Gasteiger partial charge >= 0.3 is 17.9 Å². The van der Waals surface area contributed by atoms with Crippen LogP contribution in [-0.2, 0) is 41.4 Å². The normalized spacial score (nSPS) is 12.4. The number of carbonyl (C=O) groups is 3. The van der Waals surface area contributed by atoms with Gasteiger partial charge in [-0.2, -0.15) is 0 Å². The van der Waals surface area contributed by atoms with Gasteiger partial charge in [0.25, 0.3) is 0 Å². The fourth-order valence-electron chi connectivity index (χ4n) is 4.67. The van der Waals surface area contributed by atoms with Crippen molar-refractivity contribution < 1.29 is 58.1 Å². The van der Waals surface area contributed by atoms with Crippen LogP contribution in [-0.4, -0.2) is 91.2 Å². The lowest BCUT2D eigenvalue weighted by atomic mass is 9.96. The molecule has 0 radical (unpaired) electrons. The molecule has 12 nitrogen and oxygen atoms in total. The maximum Gasteiger partial charge on any atom is 0.333 e. The molecule has 3 aromatic rings. The number of carbonyl (C=O) groups excluding carboxylic acids is 3. The summed E-state index contributed by atoms with van der Waals surface area (Å²) < 4.78 is 33.3. The van der Waals surface area contributed by atoms with Crippen LogP contribution in [0.2, 0.25) is 0 Å². The Hall–Kier alpha value is -5.43. The van der Waals surface area contributed by atoms with Gasteiger partial charge in [-0.3, -0.25) is 0 Å². The van der Waals surface area contributed by atoms with Crippen LogP contribution in [0.3, 0.4) is 0 Å². The van der Waals surface area contributed by atoms with Crippen LogP contribution in [0.15, 0.2) is 103 Å². The second-order valence-electron chi connectivity index (χ2n) is 12.5. The van der Waals surface area contributed by atoms with Gasteiger partial charge in [-0.15, -0.1) is 0 Å². The van der Waals surface area contributed by atoms with E-state index in [1.54, 1.807) is 24.3 Å². The summed E-state index contributed by atoms with van der Waals surface area (Å²) in [5.41, 5.74) is 3.66. The van der Waals surface area contributed by atoms with E-state index >= 15 is 0 Å². The van der Waals surface area contributed by atoms with Crippen molar-refractivity contribution in [3.8, 4) is 17.2 Å². The molecule has 3 atom stereocenters. The number of hydrogen-bond acceptors (Lipinski definition) is 12. The lowest BCUT2D eigenvalue weighted by Gasteiger charge is -2.21. The van der Waals surface area contributed by atoms with Crippen LogP contribution in [0, 0.1) is 0 Å².